The van der Waals surface area contributed by atoms with Crippen LogP contribution in [0.15, 0.2) is 30.5 Å². The standard InChI is InChI=1S/C13H13ClN4OS/c1-19-7-6-15-12-17-18-11(8-16-13(18)20-12)9-4-2-3-5-10(9)14/h2-5,8H,6-7H2,1H3,(H,15,17). The lowest BCUT2D eigenvalue weighted by Crippen LogP contribution is -2.07. The highest BCUT2D eigenvalue weighted by atomic mass is 35.5. The Kier molecular flexibility index (Phi) is 3.86. The largest absolute Gasteiger partial charge is 0.383 e. The molecule has 0 unspecified atom stereocenters. The lowest BCUT2D eigenvalue weighted by atomic mass is 10.2. The molecule has 0 amide bonds. The highest BCUT2D eigenvalue weighted by Crippen LogP contribution is 2.30. The second kappa shape index (κ2) is 5.78. The van der Waals surface area contributed by atoms with Crippen molar-refractivity contribution >= 4 is 33.0 Å². The van der Waals surface area contributed by atoms with Crippen molar-refractivity contribution in [2.24, 2.45) is 0 Å². The van der Waals surface area contributed by atoms with Crippen molar-refractivity contribution in [3.8, 4) is 11.3 Å². The molecule has 0 spiro atoms. The number of imidazole rings is 1. The van der Waals surface area contributed by atoms with Gasteiger partial charge in [-0.2, -0.15) is 0 Å². The quantitative estimate of drug-likeness (QED) is 0.736. The fourth-order valence-electron chi connectivity index (χ4n) is 1.88. The van der Waals surface area contributed by atoms with Crippen LogP contribution in [0.5, 0.6) is 0 Å². The van der Waals surface area contributed by atoms with Gasteiger partial charge in [0.2, 0.25) is 10.1 Å². The third-order valence-corrected chi connectivity index (χ3v) is 4.03. The Morgan fingerprint density at radius 1 is 1.40 bits per heavy atom. The number of nitrogens with zero attached hydrogens (tertiary/aromatic N) is 3. The lowest BCUT2D eigenvalue weighted by molar-refractivity contribution is 0.210. The predicted molar refractivity (Wildman–Crippen MR) is 81.7 cm³/mol. The monoisotopic (exact) mass is 308 g/mol. The summed E-state index contributed by atoms with van der Waals surface area (Å²) < 4.78 is 6.81. The normalized spacial score (nSPS) is 11.1. The number of fused-ring (bicyclic) bond motifs is 1. The number of aromatic nitrogens is 3. The number of ether oxygens (including phenoxy) is 1. The number of hydrogen-bond acceptors (Lipinski definition) is 5. The molecule has 5 nitrogen and oxygen atoms in total. The maximum Gasteiger partial charge on any atom is 0.214 e. The van der Waals surface area contributed by atoms with Crippen LogP contribution >= 0.6 is 22.9 Å². The van der Waals surface area contributed by atoms with Gasteiger partial charge >= 0.3 is 0 Å². The molecule has 2 aromatic heterocycles. The van der Waals surface area contributed by atoms with Gasteiger partial charge in [-0.05, 0) is 6.07 Å². The molecule has 1 N–H and O–H groups in total. The van der Waals surface area contributed by atoms with Gasteiger partial charge in [0.25, 0.3) is 0 Å². The summed E-state index contributed by atoms with van der Waals surface area (Å²) in [6, 6.07) is 7.68. The summed E-state index contributed by atoms with van der Waals surface area (Å²) in [4.78, 5) is 5.21. The maximum atomic E-state index is 6.23. The van der Waals surface area contributed by atoms with Crippen LogP contribution in [-0.2, 0) is 4.74 Å². The first-order valence-electron chi connectivity index (χ1n) is 6.12. The molecule has 1 aromatic carbocycles. The van der Waals surface area contributed by atoms with Crippen molar-refractivity contribution in [3.63, 3.8) is 0 Å². The van der Waals surface area contributed by atoms with E-state index in [0.29, 0.717) is 18.2 Å². The van der Waals surface area contributed by atoms with Crippen molar-refractivity contribution < 1.29 is 4.74 Å². The first kappa shape index (κ1) is 13.4. The molecule has 104 valence electrons. The summed E-state index contributed by atoms with van der Waals surface area (Å²) >= 11 is 7.73. The Balaban J connectivity index is 1.95. The zero-order valence-electron chi connectivity index (χ0n) is 10.8. The minimum atomic E-state index is 0.638. The number of anilines is 1. The molecule has 7 heteroatoms. The first-order chi connectivity index (χ1) is 9.79. The van der Waals surface area contributed by atoms with E-state index in [-0.39, 0.29) is 0 Å². The SMILES string of the molecule is COCCNc1nn2c(-c3ccccc3Cl)cnc2s1. The van der Waals surface area contributed by atoms with E-state index in [4.69, 9.17) is 16.3 Å². The third kappa shape index (κ3) is 2.49. The minimum Gasteiger partial charge on any atom is -0.383 e. The topological polar surface area (TPSA) is 51.5 Å². The third-order valence-electron chi connectivity index (χ3n) is 2.82. The van der Waals surface area contributed by atoms with Crippen LogP contribution in [0.3, 0.4) is 0 Å². The Morgan fingerprint density at radius 2 is 2.25 bits per heavy atom. The van der Waals surface area contributed by atoms with Crippen molar-refractivity contribution in [2.45, 2.75) is 0 Å². The summed E-state index contributed by atoms with van der Waals surface area (Å²) in [5.41, 5.74) is 1.82. The molecule has 2 heterocycles. The van der Waals surface area contributed by atoms with Crippen molar-refractivity contribution in [3.05, 3.63) is 35.5 Å². The van der Waals surface area contributed by atoms with E-state index >= 15 is 0 Å². The molecule has 0 atom stereocenters. The smallest absolute Gasteiger partial charge is 0.214 e. The Bertz CT molecular complexity index is 724. The zero-order chi connectivity index (χ0) is 13.9. The van der Waals surface area contributed by atoms with Crippen LogP contribution in [-0.4, -0.2) is 34.9 Å². The molecule has 3 rings (SSSR count). The van der Waals surface area contributed by atoms with Crippen molar-refractivity contribution in [1.29, 1.82) is 0 Å². The first-order valence-corrected chi connectivity index (χ1v) is 7.31. The zero-order valence-corrected chi connectivity index (χ0v) is 12.4. The average Bonchev–Trinajstić information content (AvgIpc) is 3.00. The van der Waals surface area contributed by atoms with E-state index in [1.807, 2.05) is 24.3 Å². The minimum absolute atomic E-state index is 0.638. The second-order valence-corrected chi connectivity index (χ2v) is 5.51. The number of benzene rings is 1. The lowest BCUT2D eigenvalue weighted by Gasteiger charge is -2.01. The molecule has 0 aliphatic rings. The molecule has 0 saturated carbocycles. The molecule has 20 heavy (non-hydrogen) atoms. The van der Waals surface area contributed by atoms with Gasteiger partial charge in [0, 0.05) is 19.2 Å². The van der Waals surface area contributed by atoms with Gasteiger partial charge < -0.3 is 10.1 Å². The van der Waals surface area contributed by atoms with Crippen molar-refractivity contribution in [2.75, 3.05) is 25.6 Å². The molecule has 0 bridgehead atoms. The van der Waals surface area contributed by atoms with Crippen LogP contribution in [0.1, 0.15) is 0 Å². The fourth-order valence-corrected chi connectivity index (χ4v) is 2.91. The molecule has 0 radical (unpaired) electrons. The number of methoxy groups -OCH3 is 1. The molecule has 0 aliphatic heterocycles. The van der Waals surface area contributed by atoms with Gasteiger partial charge in [0.15, 0.2) is 0 Å². The van der Waals surface area contributed by atoms with Gasteiger partial charge in [-0.15, -0.1) is 5.10 Å². The van der Waals surface area contributed by atoms with Gasteiger partial charge in [-0.25, -0.2) is 9.50 Å². The highest BCUT2D eigenvalue weighted by molar-refractivity contribution is 7.20. The van der Waals surface area contributed by atoms with Crippen LogP contribution in [0.2, 0.25) is 5.02 Å². The van der Waals surface area contributed by atoms with Gasteiger partial charge in [0.05, 0.1) is 23.5 Å². The van der Waals surface area contributed by atoms with Crippen LogP contribution in [0.4, 0.5) is 5.13 Å². The van der Waals surface area contributed by atoms with E-state index in [0.717, 1.165) is 21.3 Å². The Morgan fingerprint density at radius 3 is 3.05 bits per heavy atom. The summed E-state index contributed by atoms with van der Waals surface area (Å²) in [5, 5.41) is 9.22. The number of rotatable bonds is 5. The molecular formula is C13H13ClN4OS. The fraction of sp³-hybridized carbons (Fsp3) is 0.231. The number of hydrogen-bond donors (Lipinski definition) is 1. The van der Waals surface area contributed by atoms with Crippen LogP contribution in [0.25, 0.3) is 16.2 Å². The maximum absolute atomic E-state index is 6.23. The molecule has 0 fully saturated rings. The molecule has 3 aromatic rings. The van der Waals surface area contributed by atoms with Gasteiger partial charge in [-0.1, -0.05) is 41.1 Å². The van der Waals surface area contributed by atoms with E-state index in [1.165, 1.54) is 11.3 Å². The number of halogens is 1. The summed E-state index contributed by atoms with van der Waals surface area (Å²) in [6.07, 6.45) is 1.79. The summed E-state index contributed by atoms with van der Waals surface area (Å²) in [7, 11) is 1.67. The van der Waals surface area contributed by atoms with Crippen LogP contribution < -0.4 is 5.32 Å². The van der Waals surface area contributed by atoms with E-state index < -0.39 is 0 Å². The summed E-state index contributed by atoms with van der Waals surface area (Å²) in [6.45, 7) is 1.36. The van der Waals surface area contributed by atoms with Gasteiger partial charge in [0.1, 0.15) is 0 Å². The van der Waals surface area contributed by atoms with Crippen LogP contribution in [0, 0.1) is 0 Å². The average molecular weight is 309 g/mol. The highest BCUT2D eigenvalue weighted by Gasteiger charge is 2.13. The molecular weight excluding hydrogens is 296 g/mol. The Labute approximate surface area is 125 Å². The Hall–Kier alpha value is -1.63. The van der Waals surface area contributed by atoms with E-state index in [9.17, 15) is 0 Å². The van der Waals surface area contributed by atoms with E-state index in [2.05, 4.69) is 15.4 Å². The van der Waals surface area contributed by atoms with Gasteiger partial charge in [-0.3, -0.25) is 0 Å². The number of nitrogens with one attached hydrogen (secondary N) is 1. The summed E-state index contributed by atoms with van der Waals surface area (Å²) in [5.74, 6) is 0. The predicted octanol–water partition coefficient (Wildman–Crippen LogP) is 3.17. The van der Waals surface area contributed by atoms with Crippen molar-refractivity contribution in [1.82, 2.24) is 14.6 Å². The molecule has 0 aliphatic carbocycles. The molecule has 0 saturated heterocycles. The second-order valence-electron chi connectivity index (χ2n) is 4.14. The van der Waals surface area contributed by atoms with E-state index in [1.54, 1.807) is 17.8 Å².